The number of hydrogen-bond acceptors (Lipinski definition) is 7. The fraction of sp³-hybridized carbons (Fsp3) is 0.316. The number of halogens is 2. The summed E-state index contributed by atoms with van der Waals surface area (Å²) in [6, 6.07) is 13.3. The number of anilines is 2. The minimum atomic E-state index is -0.572. The van der Waals surface area contributed by atoms with Crippen molar-refractivity contribution in [3.63, 3.8) is 0 Å². The van der Waals surface area contributed by atoms with Gasteiger partial charge in [0, 0.05) is 35.9 Å². The fourth-order valence-electron chi connectivity index (χ4n) is 2.91. The summed E-state index contributed by atoms with van der Waals surface area (Å²) in [5, 5.41) is 25.8. The second kappa shape index (κ2) is 11.0. The minimum absolute atomic E-state index is 0. The van der Waals surface area contributed by atoms with E-state index in [1.54, 1.807) is 19.2 Å². The number of nitrogen functional groups attached to an aromatic ring is 2. The number of aliphatic hydroxyl groups is 1. The van der Waals surface area contributed by atoms with Crippen molar-refractivity contribution in [3.8, 4) is 11.4 Å². The molecule has 10 heteroatoms. The topological polar surface area (TPSA) is 128 Å². The molecule has 0 aliphatic rings. The summed E-state index contributed by atoms with van der Waals surface area (Å²) in [5.41, 5.74) is 16.0. The van der Waals surface area contributed by atoms with E-state index in [9.17, 15) is 5.11 Å². The molecule has 0 amide bonds. The molecular formula is C19H27Cl2N7O. The van der Waals surface area contributed by atoms with Crippen LogP contribution in [0, 0.1) is 0 Å². The molecular weight excluding hydrogens is 413 g/mol. The van der Waals surface area contributed by atoms with Crippen LogP contribution >= 0.6 is 24.8 Å². The number of aliphatic hydroxyl groups excluding tert-OH is 1. The van der Waals surface area contributed by atoms with Crippen LogP contribution in [0.15, 0.2) is 42.5 Å². The van der Waals surface area contributed by atoms with E-state index in [4.69, 9.17) is 11.5 Å². The Kier molecular flexibility index (Phi) is 9.32. The maximum atomic E-state index is 10.5. The summed E-state index contributed by atoms with van der Waals surface area (Å²) in [6.07, 6.45) is -0.572. The molecule has 0 saturated carbocycles. The van der Waals surface area contributed by atoms with E-state index in [0.717, 1.165) is 16.7 Å². The average Bonchev–Trinajstić information content (AvgIpc) is 3.10. The Morgan fingerprint density at radius 3 is 2.41 bits per heavy atom. The van der Waals surface area contributed by atoms with E-state index >= 15 is 0 Å². The number of nitrogens with zero attached hydrogens (tertiary/aromatic N) is 4. The van der Waals surface area contributed by atoms with Crippen LogP contribution in [0.3, 0.4) is 0 Å². The molecule has 6 N–H and O–H groups in total. The van der Waals surface area contributed by atoms with Crippen molar-refractivity contribution >= 4 is 36.2 Å². The first-order valence-electron chi connectivity index (χ1n) is 8.81. The molecule has 0 fully saturated rings. The maximum absolute atomic E-state index is 10.5. The number of nitrogens with two attached hydrogens (primary N) is 2. The van der Waals surface area contributed by atoms with Gasteiger partial charge in [-0.05, 0) is 34.5 Å². The van der Waals surface area contributed by atoms with E-state index in [2.05, 4.69) is 20.7 Å². The highest BCUT2D eigenvalue weighted by atomic mass is 35.5. The Balaban J connectivity index is 0.00000210. The lowest BCUT2D eigenvalue weighted by atomic mass is 9.93. The molecule has 2 atom stereocenters. The fourth-order valence-corrected chi connectivity index (χ4v) is 2.91. The number of nitrogens with one attached hydrogen (secondary N) is 1. The predicted molar refractivity (Wildman–Crippen MR) is 120 cm³/mol. The van der Waals surface area contributed by atoms with Crippen molar-refractivity contribution in [2.45, 2.75) is 25.5 Å². The summed E-state index contributed by atoms with van der Waals surface area (Å²) in [7, 11) is 1.73. The molecule has 0 aliphatic heterocycles. The van der Waals surface area contributed by atoms with Crippen LogP contribution in [0.2, 0.25) is 0 Å². The lowest BCUT2D eigenvalue weighted by molar-refractivity contribution is 0.147. The molecule has 0 spiro atoms. The van der Waals surface area contributed by atoms with E-state index in [0.29, 0.717) is 30.3 Å². The van der Waals surface area contributed by atoms with Gasteiger partial charge in [0.25, 0.3) is 0 Å². The van der Waals surface area contributed by atoms with Gasteiger partial charge in [0.05, 0.1) is 13.2 Å². The van der Waals surface area contributed by atoms with Gasteiger partial charge in [-0.15, -0.1) is 35.0 Å². The zero-order valence-electron chi connectivity index (χ0n) is 16.3. The zero-order valence-corrected chi connectivity index (χ0v) is 18.0. The second-order valence-electron chi connectivity index (χ2n) is 6.67. The van der Waals surface area contributed by atoms with Gasteiger partial charge < -0.3 is 21.9 Å². The molecule has 3 aromatic rings. The number of rotatable bonds is 7. The van der Waals surface area contributed by atoms with Gasteiger partial charge in [0.15, 0.2) is 0 Å². The van der Waals surface area contributed by atoms with E-state index in [-0.39, 0.29) is 30.7 Å². The Morgan fingerprint density at radius 2 is 1.79 bits per heavy atom. The lowest BCUT2D eigenvalue weighted by Gasteiger charge is -2.21. The summed E-state index contributed by atoms with van der Waals surface area (Å²) in [5.74, 6) is 0.479. The van der Waals surface area contributed by atoms with Crippen molar-refractivity contribution in [2.75, 3.05) is 18.0 Å². The SMILES string of the molecule is C[C@@H](c1cc(N)ccc1N)[C@H](O)CNCc1ccc(-c2nnn(C)n2)cc1.Cl.Cl. The second-order valence-corrected chi connectivity index (χ2v) is 6.67. The number of benzene rings is 2. The van der Waals surface area contributed by atoms with E-state index in [1.165, 1.54) is 4.80 Å². The molecule has 1 aromatic heterocycles. The third-order valence-corrected chi connectivity index (χ3v) is 4.58. The Bertz CT molecular complexity index is 902. The highest BCUT2D eigenvalue weighted by Crippen LogP contribution is 2.27. The molecule has 158 valence electrons. The Labute approximate surface area is 182 Å². The molecule has 29 heavy (non-hydrogen) atoms. The third-order valence-electron chi connectivity index (χ3n) is 4.58. The molecule has 2 aromatic carbocycles. The van der Waals surface area contributed by atoms with Crippen LogP contribution in [-0.2, 0) is 13.6 Å². The van der Waals surface area contributed by atoms with E-state index < -0.39 is 6.10 Å². The summed E-state index contributed by atoms with van der Waals surface area (Å²) in [6.45, 7) is 3.04. The predicted octanol–water partition coefficient (Wildman–Crippen LogP) is 2.14. The molecule has 0 aliphatic carbocycles. The lowest BCUT2D eigenvalue weighted by Crippen LogP contribution is -2.30. The number of tetrazole rings is 1. The van der Waals surface area contributed by atoms with Gasteiger partial charge in [-0.2, -0.15) is 4.80 Å². The Morgan fingerprint density at radius 1 is 1.10 bits per heavy atom. The van der Waals surface area contributed by atoms with Crippen molar-refractivity contribution in [1.82, 2.24) is 25.5 Å². The van der Waals surface area contributed by atoms with Crippen LogP contribution in [-0.4, -0.2) is 38.0 Å². The first-order chi connectivity index (χ1) is 12.9. The average molecular weight is 440 g/mol. The monoisotopic (exact) mass is 439 g/mol. The number of aryl methyl sites for hydroxylation is 1. The van der Waals surface area contributed by atoms with Crippen molar-refractivity contribution in [1.29, 1.82) is 0 Å². The number of aromatic nitrogens is 4. The largest absolute Gasteiger partial charge is 0.399 e. The van der Waals surface area contributed by atoms with Gasteiger partial charge in [-0.1, -0.05) is 31.2 Å². The van der Waals surface area contributed by atoms with Gasteiger partial charge in [0.1, 0.15) is 0 Å². The van der Waals surface area contributed by atoms with E-state index in [1.807, 2.05) is 37.3 Å². The standard InChI is InChI=1S/C19H25N7O.2ClH/c1-12(16-9-15(20)7-8-17(16)21)18(27)11-22-10-13-3-5-14(6-4-13)19-23-25-26(2)24-19;;/h3-9,12,18,22,27H,10-11,20-21H2,1-2H3;2*1H/t12-,18+;;/m0../s1. The summed E-state index contributed by atoms with van der Waals surface area (Å²) >= 11 is 0. The molecule has 0 saturated heterocycles. The van der Waals surface area contributed by atoms with Gasteiger partial charge in [-0.25, -0.2) is 0 Å². The van der Waals surface area contributed by atoms with Crippen molar-refractivity contribution in [2.24, 2.45) is 7.05 Å². The van der Waals surface area contributed by atoms with Crippen LogP contribution in [0.5, 0.6) is 0 Å². The van der Waals surface area contributed by atoms with Crippen LogP contribution in [0.4, 0.5) is 11.4 Å². The Hall–Kier alpha value is -2.39. The van der Waals surface area contributed by atoms with Crippen LogP contribution in [0.1, 0.15) is 24.0 Å². The number of hydrogen-bond donors (Lipinski definition) is 4. The molecule has 8 nitrogen and oxygen atoms in total. The normalized spacial score (nSPS) is 12.5. The van der Waals surface area contributed by atoms with Crippen molar-refractivity contribution in [3.05, 3.63) is 53.6 Å². The highest BCUT2D eigenvalue weighted by Gasteiger charge is 2.18. The van der Waals surface area contributed by atoms with Gasteiger partial charge >= 0.3 is 0 Å². The van der Waals surface area contributed by atoms with Crippen LogP contribution < -0.4 is 16.8 Å². The zero-order chi connectivity index (χ0) is 19.4. The third kappa shape index (κ3) is 6.30. The summed E-state index contributed by atoms with van der Waals surface area (Å²) in [4.78, 5) is 1.43. The molecule has 3 rings (SSSR count). The van der Waals surface area contributed by atoms with Gasteiger partial charge in [0.2, 0.25) is 5.82 Å². The van der Waals surface area contributed by atoms with Gasteiger partial charge in [-0.3, -0.25) is 0 Å². The molecule has 0 bridgehead atoms. The molecule has 0 radical (unpaired) electrons. The molecule has 1 heterocycles. The highest BCUT2D eigenvalue weighted by molar-refractivity contribution is 5.85. The maximum Gasteiger partial charge on any atom is 0.204 e. The summed E-state index contributed by atoms with van der Waals surface area (Å²) < 4.78 is 0. The minimum Gasteiger partial charge on any atom is -0.399 e. The van der Waals surface area contributed by atoms with Crippen molar-refractivity contribution < 1.29 is 5.11 Å². The quantitative estimate of drug-likeness (QED) is 0.415. The van der Waals surface area contributed by atoms with Crippen LogP contribution in [0.25, 0.3) is 11.4 Å². The molecule has 0 unspecified atom stereocenters. The first-order valence-corrected chi connectivity index (χ1v) is 8.81. The first kappa shape index (κ1) is 24.6. The smallest absolute Gasteiger partial charge is 0.204 e.